The molecule has 0 fully saturated rings. The van der Waals surface area contributed by atoms with E-state index in [0.29, 0.717) is 6.61 Å². The Labute approximate surface area is 73.4 Å². The van der Waals surface area contributed by atoms with Gasteiger partial charge >= 0.3 is 0 Å². The maximum atomic E-state index is 5.07. The van der Waals surface area contributed by atoms with E-state index in [1.165, 1.54) is 0 Å². The molecule has 0 bridgehead atoms. The number of nitrogens with zero attached hydrogens (tertiary/aromatic N) is 1. The molecule has 12 heavy (non-hydrogen) atoms. The van der Waals surface area contributed by atoms with Crippen LogP contribution in [0.4, 0.5) is 0 Å². The molecule has 4 nitrogen and oxygen atoms in total. The van der Waals surface area contributed by atoms with Gasteiger partial charge in [0.1, 0.15) is 0 Å². The summed E-state index contributed by atoms with van der Waals surface area (Å²) in [7, 11) is 1.70. The zero-order valence-electron chi connectivity index (χ0n) is 7.98. The van der Waals surface area contributed by atoms with Gasteiger partial charge in [0.15, 0.2) is 5.96 Å². The largest absolute Gasteiger partial charge is 0.382 e. The lowest BCUT2D eigenvalue weighted by Gasteiger charge is -2.26. The number of aliphatic imine (C=N–C) groups is 1. The summed E-state index contributed by atoms with van der Waals surface area (Å²) in [6.45, 7) is 6.64. The molecule has 0 radical (unpaired) electrons. The number of nitrogens with one attached hydrogen (secondary N) is 2. The molecule has 0 saturated heterocycles. The highest BCUT2D eigenvalue weighted by atomic mass is 16.5. The summed E-state index contributed by atoms with van der Waals surface area (Å²) in [6.07, 6.45) is 0. The first-order valence-corrected chi connectivity index (χ1v) is 4.19. The molecule has 0 aliphatic carbocycles. The minimum absolute atomic E-state index is 0.0507. The molecule has 0 aromatic rings. The second-order valence-corrected chi connectivity index (χ2v) is 3.60. The van der Waals surface area contributed by atoms with Gasteiger partial charge in [0.05, 0.1) is 18.7 Å². The molecule has 1 heterocycles. The van der Waals surface area contributed by atoms with Crippen LogP contribution in [0.2, 0.25) is 0 Å². The number of ether oxygens (including phenoxy) is 1. The molecule has 1 aliphatic heterocycles. The van der Waals surface area contributed by atoms with Gasteiger partial charge in [-0.1, -0.05) is 0 Å². The Kier molecular flexibility index (Phi) is 2.92. The molecule has 2 N–H and O–H groups in total. The third-order valence-corrected chi connectivity index (χ3v) is 1.64. The van der Waals surface area contributed by atoms with Crippen molar-refractivity contribution in [1.29, 1.82) is 0 Å². The van der Waals surface area contributed by atoms with Crippen molar-refractivity contribution in [2.45, 2.75) is 19.4 Å². The van der Waals surface area contributed by atoms with Crippen LogP contribution in [-0.4, -0.2) is 38.3 Å². The standard InChI is InChI=1S/C8H17N3O/c1-8(2,6-12-3)11-7-9-4-5-10-7/h4-6H2,1-3H3,(H2,9,10,11). The molecule has 0 aromatic carbocycles. The fourth-order valence-corrected chi connectivity index (χ4v) is 1.20. The summed E-state index contributed by atoms with van der Waals surface area (Å²) in [4.78, 5) is 4.24. The van der Waals surface area contributed by atoms with E-state index in [-0.39, 0.29) is 5.54 Å². The Morgan fingerprint density at radius 3 is 2.92 bits per heavy atom. The normalized spacial score (nSPS) is 17.1. The highest BCUT2D eigenvalue weighted by molar-refractivity contribution is 5.81. The Bertz CT molecular complexity index is 177. The van der Waals surface area contributed by atoms with Crippen LogP contribution in [0, 0.1) is 0 Å². The monoisotopic (exact) mass is 171 g/mol. The van der Waals surface area contributed by atoms with Gasteiger partial charge in [-0.25, -0.2) is 0 Å². The van der Waals surface area contributed by atoms with Crippen molar-refractivity contribution in [1.82, 2.24) is 10.6 Å². The lowest BCUT2D eigenvalue weighted by molar-refractivity contribution is 0.139. The average molecular weight is 171 g/mol. The van der Waals surface area contributed by atoms with Crippen molar-refractivity contribution in [3.63, 3.8) is 0 Å². The first-order chi connectivity index (χ1) is 5.64. The average Bonchev–Trinajstić information content (AvgIpc) is 2.38. The maximum Gasteiger partial charge on any atom is 0.191 e. The molecule has 0 spiro atoms. The Morgan fingerprint density at radius 1 is 1.67 bits per heavy atom. The molecule has 0 aromatic heterocycles. The van der Waals surface area contributed by atoms with Gasteiger partial charge in [-0.3, -0.25) is 4.99 Å². The highest BCUT2D eigenvalue weighted by Crippen LogP contribution is 2.02. The predicted molar refractivity (Wildman–Crippen MR) is 49.4 cm³/mol. The SMILES string of the molecule is COCC(C)(C)NC1=NCCN1. The molecule has 0 saturated carbocycles. The molecule has 0 amide bonds. The van der Waals surface area contributed by atoms with Crippen LogP contribution in [0.3, 0.4) is 0 Å². The molecule has 70 valence electrons. The Balaban J connectivity index is 2.37. The Morgan fingerprint density at radius 2 is 2.42 bits per heavy atom. The van der Waals surface area contributed by atoms with E-state index in [1.54, 1.807) is 7.11 Å². The minimum Gasteiger partial charge on any atom is -0.382 e. The van der Waals surface area contributed by atoms with E-state index < -0.39 is 0 Å². The van der Waals surface area contributed by atoms with Crippen LogP contribution in [-0.2, 0) is 4.74 Å². The van der Waals surface area contributed by atoms with Crippen molar-refractivity contribution in [2.24, 2.45) is 4.99 Å². The van der Waals surface area contributed by atoms with E-state index in [4.69, 9.17) is 4.74 Å². The van der Waals surface area contributed by atoms with Crippen molar-refractivity contribution >= 4 is 5.96 Å². The lowest BCUT2D eigenvalue weighted by Crippen LogP contribution is -2.50. The van der Waals surface area contributed by atoms with Crippen LogP contribution < -0.4 is 10.6 Å². The fraction of sp³-hybridized carbons (Fsp3) is 0.875. The minimum atomic E-state index is -0.0507. The Hall–Kier alpha value is -0.770. The number of rotatable bonds is 3. The van der Waals surface area contributed by atoms with Crippen molar-refractivity contribution < 1.29 is 4.74 Å². The summed E-state index contributed by atoms with van der Waals surface area (Å²) >= 11 is 0. The van der Waals surface area contributed by atoms with Gasteiger partial charge in [0.25, 0.3) is 0 Å². The summed E-state index contributed by atoms with van der Waals surface area (Å²) < 4.78 is 5.07. The molecular formula is C8H17N3O. The predicted octanol–water partition coefficient (Wildman–Crippen LogP) is -0.0398. The van der Waals surface area contributed by atoms with Crippen LogP contribution >= 0.6 is 0 Å². The molecule has 0 atom stereocenters. The van der Waals surface area contributed by atoms with E-state index in [2.05, 4.69) is 29.5 Å². The van der Waals surface area contributed by atoms with Gasteiger partial charge < -0.3 is 15.4 Å². The molecule has 1 aliphatic rings. The quantitative estimate of drug-likeness (QED) is 0.626. The summed E-state index contributed by atoms with van der Waals surface area (Å²) in [5.41, 5.74) is -0.0507. The molecular weight excluding hydrogens is 154 g/mol. The highest BCUT2D eigenvalue weighted by Gasteiger charge is 2.19. The van der Waals surface area contributed by atoms with Gasteiger partial charge in [0.2, 0.25) is 0 Å². The molecule has 1 rings (SSSR count). The smallest absolute Gasteiger partial charge is 0.191 e. The fourth-order valence-electron chi connectivity index (χ4n) is 1.20. The van der Waals surface area contributed by atoms with Crippen LogP contribution in [0.5, 0.6) is 0 Å². The van der Waals surface area contributed by atoms with Crippen molar-refractivity contribution in [3.8, 4) is 0 Å². The van der Waals surface area contributed by atoms with Gasteiger partial charge in [-0.15, -0.1) is 0 Å². The van der Waals surface area contributed by atoms with Crippen LogP contribution in [0.25, 0.3) is 0 Å². The molecule has 4 heteroatoms. The maximum absolute atomic E-state index is 5.07. The summed E-state index contributed by atoms with van der Waals surface area (Å²) in [5, 5.41) is 6.42. The summed E-state index contributed by atoms with van der Waals surface area (Å²) in [5.74, 6) is 0.886. The number of methoxy groups -OCH3 is 1. The van der Waals surface area contributed by atoms with Gasteiger partial charge in [0, 0.05) is 13.7 Å². The van der Waals surface area contributed by atoms with Gasteiger partial charge in [-0.2, -0.15) is 0 Å². The first-order valence-electron chi connectivity index (χ1n) is 4.19. The van der Waals surface area contributed by atoms with Crippen LogP contribution in [0.1, 0.15) is 13.8 Å². The second-order valence-electron chi connectivity index (χ2n) is 3.60. The number of hydrogen-bond donors (Lipinski definition) is 2. The van der Waals surface area contributed by atoms with E-state index in [9.17, 15) is 0 Å². The molecule has 0 unspecified atom stereocenters. The number of hydrogen-bond acceptors (Lipinski definition) is 4. The van der Waals surface area contributed by atoms with E-state index in [1.807, 2.05) is 0 Å². The van der Waals surface area contributed by atoms with Crippen LogP contribution in [0.15, 0.2) is 4.99 Å². The third-order valence-electron chi connectivity index (χ3n) is 1.64. The van der Waals surface area contributed by atoms with Crippen molar-refractivity contribution in [2.75, 3.05) is 26.8 Å². The summed E-state index contributed by atoms with van der Waals surface area (Å²) in [6, 6.07) is 0. The van der Waals surface area contributed by atoms with Gasteiger partial charge in [-0.05, 0) is 13.8 Å². The zero-order chi connectivity index (χ0) is 9.03. The van der Waals surface area contributed by atoms with E-state index in [0.717, 1.165) is 19.0 Å². The first kappa shape index (κ1) is 9.32. The van der Waals surface area contributed by atoms with E-state index >= 15 is 0 Å². The zero-order valence-corrected chi connectivity index (χ0v) is 7.98. The topological polar surface area (TPSA) is 45.6 Å². The third kappa shape index (κ3) is 2.70. The second kappa shape index (κ2) is 3.76. The number of guanidine groups is 1. The van der Waals surface area contributed by atoms with Crippen molar-refractivity contribution in [3.05, 3.63) is 0 Å². The lowest BCUT2D eigenvalue weighted by atomic mass is 10.1.